The van der Waals surface area contributed by atoms with Crippen LogP contribution in [0.4, 0.5) is 0 Å². The minimum absolute atomic E-state index is 0.0925. The molecule has 0 aromatic rings. The van der Waals surface area contributed by atoms with E-state index in [2.05, 4.69) is 16.8 Å². The van der Waals surface area contributed by atoms with Crippen LogP contribution in [0, 0.1) is 5.92 Å². The number of likely N-dealkylation sites (N-methyl/N-ethyl adjacent to an activating group) is 1. The van der Waals surface area contributed by atoms with Crippen molar-refractivity contribution in [1.82, 2.24) is 9.80 Å². The first-order chi connectivity index (χ1) is 10.1. The number of nitrogens with zero attached hydrogens (tertiary/aromatic N) is 3. The molecular weight excluding hydrogens is 264 g/mol. The molecule has 21 heavy (non-hydrogen) atoms. The fraction of sp³-hybridized carbons (Fsp3) is 0.875. The van der Waals surface area contributed by atoms with Crippen LogP contribution in [0.2, 0.25) is 0 Å². The maximum absolute atomic E-state index is 12.2. The largest absolute Gasteiger partial charge is 0.370 e. The maximum Gasteiger partial charge on any atom is 0.244 e. The van der Waals surface area contributed by atoms with Gasteiger partial charge in [0.15, 0.2) is 5.96 Å². The molecule has 2 fully saturated rings. The second-order valence-electron chi connectivity index (χ2n) is 6.66. The number of hydrogen-bond donors (Lipinski definition) is 1. The summed E-state index contributed by atoms with van der Waals surface area (Å²) in [4.78, 5) is 20.6. The molecule has 5 nitrogen and oxygen atoms in total. The van der Waals surface area contributed by atoms with E-state index in [-0.39, 0.29) is 12.5 Å². The van der Waals surface area contributed by atoms with E-state index in [0.29, 0.717) is 17.9 Å². The lowest BCUT2D eigenvalue weighted by molar-refractivity contribution is -0.130. The highest BCUT2D eigenvalue weighted by molar-refractivity contribution is 5.84. The van der Waals surface area contributed by atoms with Gasteiger partial charge in [-0.1, -0.05) is 26.2 Å². The first-order valence-electron chi connectivity index (χ1n) is 8.38. The number of aliphatic imine (C=N–C) groups is 1. The van der Waals surface area contributed by atoms with Gasteiger partial charge < -0.3 is 15.5 Å². The van der Waals surface area contributed by atoms with Crippen molar-refractivity contribution < 1.29 is 4.79 Å². The summed E-state index contributed by atoms with van der Waals surface area (Å²) < 4.78 is 0. The highest BCUT2D eigenvalue weighted by Crippen LogP contribution is 2.21. The first kappa shape index (κ1) is 16.1. The third-order valence-corrected chi connectivity index (χ3v) is 4.87. The summed E-state index contributed by atoms with van der Waals surface area (Å²) in [5.41, 5.74) is 6.04. The van der Waals surface area contributed by atoms with Gasteiger partial charge >= 0.3 is 0 Å². The quantitative estimate of drug-likeness (QED) is 0.638. The Hall–Kier alpha value is -1.26. The zero-order chi connectivity index (χ0) is 15.2. The highest BCUT2D eigenvalue weighted by atomic mass is 16.2. The minimum atomic E-state index is 0.0925. The highest BCUT2D eigenvalue weighted by Gasteiger charge is 2.22. The number of guanidine groups is 1. The fourth-order valence-electron chi connectivity index (χ4n) is 3.43. The Morgan fingerprint density at radius 1 is 1.24 bits per heavy atom. The Bertz CT molecular complexity index is 376. The van der Waals surface area contributed by atoms with Crippen molar-refractivity contribution in [3.63, 3.8) is 0 Å². The molecule has 1 saturated heterocycles. The summed E-state index contributed by atoms with van der Waals surface area (Å²) in [6.07, 6.45) is 8.45. The Balaban J connectivity index is 1.82. The second kappa shape index (κ2) is 7.66. The van der Waals surface area contributed by atoms with E-state index in [1.165, 1.54) is 25.7 Å². The third kappa shape index (κ3) is 4.61. The van der Waals surface area contributed by atoms with Crippen LogP contribution in [0.3, 0.4) is 0 Å². The van der Waals surface area contributed by atoms with Gasteiger partial charge in [0.25, 0.3) is 0 Å². The predicted molar refractivity (Wildman–Crippen MR) is 86.1 cm³/mol. The molecule has 0 radical (unpaired) electrons. The Morgan fingerprint density at radius 3 is 2.62 bits per heavy atom. The van der Waals surface area contributed by atoms with Crippen molar-refractivity contribution in [3.05, 3.63) is 0 Å². The van der Waals surface area contributed by atoms with E-state index in [0.717, 1.165) is 32.4 Å². The van der Waals surface area contributed by atoms with E-state index in [9.17, 15) is 4.79 Å². The molecule has 2 aliphatic rings. The van der Waals surface area contributed by atoms with Crippen molar-refractivity contribution in [2.24, 2.45) is 16.6 Å². The molecule has 2 N–H and O–H groups in total. The van der Waals surface area contributed by atoms with E-state index in [1.54, 1.807) is 0 Å². The van der Waals surface area contributed by atoms with Gasteiger partial charge in [-0.25, -0.2) is 4.99 Å². The van der Waals surface area contributed by atoms with Crippen molar-refractivity contribution in [1.29, 1.82) is 0 Å². The molecule has 0 spiro atoms. The fourth-order valence-corrected chi connectivity index (χ4v) is 3.43. The average Bonchev–Trinajstić information content (AvgIpc) is 2.52. The molecule has 0 bridgehead atoms. The van der Waals surface area contributed by atoms with E-state index >= 15 is 0 Å². The summed E-state index contributed by atoms with van der Waals surface area (Å²) in [6, 6.07) is 0.401. The van der Waals surface area contributed by atoms with Gasteiger partial charge in [0.2, 0.25) is 5.91 Å². The Morgan fingerprint density at radius 2 is 1.95 bits per heavy atom. The van der Waals surface area contributed by atoms with Gasteiger partial charge in [-0.2, -0.15) is 0 Å². The van der Waals surface area contributed by atoms with Crippen molar-refractivity contribution in [3.8, 4) is 0 Å². The van der Waals surface area contributed by atoms with Gasteiger partial charge in [0, 0.05) is 26.2 Å². The van der Waals surface area contributed by atoms with Crippen LogP contribution >= 0.6 is 0 Å². The molecule has 1 unspecified atom stereocenters. The molecule has 1 aliphatic carbocycles. The summed E-state index contributed by atoms with van der Waals surface area (Å²) in [7, 11) is 1.91. The molecule has 1 aliphatic heterocycles. The molecule has 1 amide bonds. The second-order valence-corrected chi connectivity index (χ2v) is 6.66. The lowest BCUT2D eigenvalue weighted by atomic mass is 9.94. The summed E-state index contributed by atoms with van der Waals surface area (Å²) >= 11 is 0. The van der Waals surface area contributed by atoms with Gasteiger partial charge in [-0.05, 0) is 31.6 Å². The lowest BCUT2D eigenvalue weighted by Crippen LogP contribution is -2.44. The van der Waals surface area contributed by atoms with Crippen LogP contribution in [-0.4, -0.2) is 54.4 Å². The molecule has 1 saturated carbocycles. The predicted octanol–water partition coefficient (Wildman–Crippen LogP) is 1.82. The van der Waals surface area contributed by atoms with E-state index in [4.69, 9.17) is 5.73 Å². The van der Waals surface area contributed by atoms with Crippen LogP contribution in [0.5, 0.6) is 0 Å². The number of nitrogens with two attached hydrogens (primary N) is 1. The number of likely N-dealkylation sites (tertiary alicyclic amines) is 1. The number of carbonyl (C=O) groups excluding carboxylic acids is 1. The van der Waals surface area contributed by atoms with Crippen LogP contribution in [0.1, 0.15) is 51.9 Å². The van der Waals surface area contributed by atoms with Crippen LogP contribution in [0.25, 0.3) is 0 Å². The van der Waals surface area contributed by atoms with Crippen LogP contribution in [-0.2, 0) is 4.79 Å². The summed E-state index contributed by atoms with van der Waals surface area (Å²) in [5.74, 6) is 1.29. The Labute approximate surface area is 128 Å². The van der Waals surface area contributed by atoms with Crippen molar-refractivity contribution in [2.75, 3.05) is 26.7 Å². The molecule has 2 rings (SSSR count). The van der Waals surface area contributed by atoms with E-state index < -0.39 is 0 Å². The molecule has 5 heteroatoms. The lowest BCUT2D eigenvalue weighted by Gasteiger charge is -2.32. The maximum atomic E-state index is 12.2. The monoisotopic (exact) mass is 294 g/mol. The van der Waals surface area contributed by atoms with Gasteiger partial charge in [0.05, 0.1) is 0 Å². The van der Waals surface area contributed by atoms with Gasteiger partial charge in [-0.15, -0.1) is 0 Å². The number of rotatable bonds is 3. The Kier molecular flexibility index (Phi) is 5.88. The zero-order valence-electron chi connectivity index (χ0n) is 13.6. The number of hydrogen-bond acceptors (Lipinski definition) is 2. The summed E-state index contributed by atoms with van der Waals surface area (Å²) in [6.45, 7) is 4.35. The first-order valence-corrected chi connectivity index (χ1v) is 8.38. The van der Waals surface area contributed by atoms with Crippen LogP contribution in [0.15, 0.2) is 4.99 Å². The number of piperidine rings is 1. The molecule has 1 atom stereocenters. The van der Waals surface area contributed by atoms with Crippen molar-refractivity contribution >= 4 is 11.9 Å². The minimum Gasteiger partial charge on any atom is -0.370 e. The standard InChI is InChI=1S/C16H30N4O/c1-13-7-6-10-20(12-13)16(17)18-11-15(21)19(2)14-8-4-3-5-9-14/h13-14H,3-12H2,1-2H3,(H2,17,18). The van der Waals surface area contributed by atoms with E-state index in [1.807, 2.05) is 11.9 Å². The smallest absolute Gasteiger partial charge is 0.244 e. The third-order valence-electron chi connectivity index (χ3n) is 4.87. The van der Waals surface area contributed by atoms with Crippen molar-refractivity contribution in [2.45, 2.75) is 57.9 Å². The topological polar surface area (TPSA) is 61.9 Å². The molecular formula is C16H30N4O. The zero-order valence-corrected chi connectivity index (χ0v) is 13.6. The summed E-state index contributed by atoms with van der Waals surface area (Å²) in [5, 5.41) is 0. The van der Waals surface area contributed by atoms with Gasteiger partial charge in [-0.3, -0.25) is 4.79 Å². The van der Waals surface area contributed by atoms with Gasteiger partial charge in [0.1, 0.15) is 6.54 Å². The number of carbonyl (C=O) groups is 1. The van der Waals surface area contributed by atoms with Crippen LogP contribution < -0.4 is 5.73 Å². The number of amides is 1. The normalized spacial score (nSPS) is 25.0. The molecule has 1 heterocycles. The average molecular weight is 294 g/mol. The molecule has 0 aromatic heterocycles. The SMILES string of the molecule is CC1CCCN(C(N)=NCC(=O)N(C)C2CCCCC2)C1. The molecule has 0 aromatic carbocycles. The molecule has 120 valence electrons.